The van der Waals surface area contributed by atoms with Crippen LogP contribution in [0.25, 0.3) is 32.3 Å². The molecule has 4 aromatic rings. The summed E-state index contributed by atoms with van der Waals surface area (Å²) >= 11 is 0.647. The maximum absolute atomic E-state index is 11.7. The van der Waals surface area contributed by atoms with E-state index in [4.69, 9.17) is 9.72 Å². The summed E-state index contributed by atoms with van der Waals surface area (Å²) < 4.78 is 16.9. The second-order valence-electron chi connectivity index (χ2n) is 6.14. The van der Waals surface area contributed by atoms with Crippen LogP contribution >= 0.6 is 11.3 Å². The van der Waals surface area contributed by atoms with E-state index < -0.39 is 11.2 Å². The lowest BCUT2D eigenvalue weighted by Crippen LogP contribution is -1.96. The van der Waals surface area contributed by atoms with Crippen molar-refractivity contribution in [2.45, 2.75) is 4.90 Å². The normalized spacial score (nSPS) is 12.0. The average Bonchev–Trinajstić information content (AvgIpc) is 3.20. The van der Waals surface area contributed by atoms with Gasteiger partial charge in [-0.2, -0.15) is 0 Å². The lowest BCUT2D eigenvalue weighted by Gasteiger charge is -2.04. The molecule has 0 fully saturated rings. The number of hydrogen-bond donors (Lipinski definition) is 0. The van der Waals surface area contributed by atoms with Gasteiger partial charge in [0.2, 0.25) is 0 Å². The molecule has 28 heavy (non-hydrogen) atoms. The van der Waals surface area contributed by atoms with Crippen LogP contribution in [0.1, 0.15) is 0 Å². The molecule has 0 aliphatic carbocycles. The van der Waals surface area contributed by atoms with Crippen molar-refractivity contribution >= 4 is 22.5 Å². The molecular formula is C22H18N2O2S2. The maximum atomic E-state index is 11.7. The lowest BCUT2D eigenvalue weighted by molar-refractivity contribution is 0.415. The van der Waals surface area contributed by atoms with E-state index >= 15 is 0 Å². The van der Waals surface area contributed by atoms with Crippen LogP contribution in [0, 0.1) is 0 Å². The molecular weight excluding hydrogens is 388 g/mol. The molecule has 0 radical (unpaired) electrons. The predicted octanol–water partition coefficient (Wildman–Crippen LogP) is 5.29. The summed E-state index contributed by atoms with van der Waals surface area (Å²) in [6.45, 7) is 0. The second-order valence-corrected chi connectivity index (χ2v) is 8.52. The number of benzene rings is 2. The van der Waals surface area contributed by atoms with Crippen molar-refractivity contribution in [3.05, 3.63) is 73.1 Å². The van der Waals surface area contributed by atoms with Gasteiger partial charge < -0.3 is 9.29 Å². The second kappa shape index (κ2) is 8.14. The van der Waals surface area contributed by atoms with Gasteiger partial charge in [0.25, 0.3) is 0 Å². The summed E-state index contributed by atoms with van der Waals surface area (Å²) in [5.74, 6) is 0.813. The number of pyridine rings is 1. The number of methoxy groups -OCH3 is 1. The standard InChI is InChI=1S/C22H18N2O2S2/c1-26-18-7-3-15(4-8-18)20-21(16-11-13-23-14-12-16)27-22(24-20)17-5-9-19(10-6-17)28(2)25/h3-14H,1-2H3. The van der Waals surface area contributed by atoms with E-state index in [0.717, 1.165) is 42.9 Å². The van der Waals surface area contributed by atoms with Gasteiger partial charge in [-0.25, -0.2) is 4.98 Å². The summed E-state index contributed by atoms with van der Waals surface area (Å²) in [6, 6.07) is 19.6. The van der Waals surface area contributed by atoms with Crippen molar-refractivity contribution in [1.82, 2.24) is 9.97 Å². The highest BCUT2D eigenvalue weighted by Gasteiger charge is 2.17. The van der Waals surface area contributed by atoms with Gasteiger partial charge in [-0.05, 0) is 77.4 Å². The minimum Gasteiger partial charge on any atom is -0.612 e. The largest absolute Gasteiger partial charge is 0.612 e. The highest BCUT2D eigenvalue weighted by molar-refractivity contribution is 7.90. The van der Waals surface area contributed by atoms with Crippen LogP contribution in [0.3, 0.4) is 0 Å². The summed E-state index contributed by atoms with van der Waals surface area (Å²) in [4.78, 5) is 11.0. The highest BCUT2D eigenvalue weighted by atomic mass is 32.2. The Kier molecular flexibility index (Phi) is 5.43. The molecule has 4 rings (SSSR count). The molecule has 0 aliphatic heterocycles. The van der Waals surface area contributed by atoms with Gasteiger partial charge in [-0.3, -0.25) is 4.98 Å². The smallest absolute Gasteiger partial charge is 0.152 e. The Balaban J connectivity index is 1.81. The van der Waals surface area contributed by atoms with Crippen LogP contribution in [0.5, 0.6) is 5.75 Å². The van der Waals surface area contributed by atoms with E-state index in [0.29, 0.717) is 0 Å². The van der Waals surface area contributed by atoms with Crippen molar-refractivity contribution in [3.8, 4) is 38.0 Å². The van der Waals surface area contributed by atoms with E-state index in [2.05, 4.69) is 4.98 Å². The Morgan fingerprint density at radius 2 is 1.50 bits per heavy atom. The number of rotatable bonds is 5. The third-order valence-electron chi connectivity index (χ3n) is 4.37. The highest BCUT2D eigenvalue weighted by Crippen LogP contribution is 2.40. The van der Waals surface area contributed by atoms with Gasteiger partial charge in [-0.1, -0.05) is 0 Å². The minimum absolute atomic E-state index is 0.810. The zero-order valence-electron chi connectivity index (χ0n) is 15.5. The van der Waals surface area contributed by atoms with E-state index in [1.807, 2.05) is 60.7 Å². The number of ether oxygens (including phenoxy) is 1. The third-order valence-corrected chi connectivity index (χ3v) is 6.46. The first-order valence-corrected chi connectivity index (χ1v) is 11.0. The van der Waals surface area contributed by atoms with Crippen molar-refractivity contribution in [1.29, 1.82) is 0 Å². The molecule has 6 heteroatoms. The van der Waals surface area contributed by atoms with Gasteiger partial charge in [0.15, 0.2) is 4.90 Å². The lowest BCUT2D eigenvalue weighted by atomic mass is 10.1. The molecule has 1 atom stereocenters. The number of aromatic nitrogens is 2. The fourth-order valence-corrected chi connectivity index (χ4v) is 4.49. The molecule has 140 valence electrons. The maximum Gasteiger partial charge on any atom is 0.152 e. The Morgan fingerprint density at radius 3 is 2.11 bits per heavy atom. The summed E-state index contributed by atoms with van der Waals surface area (Å²) in [5.41, 5.74) is 4.04. The van der Waals surface area contributed by atoms with Gasteiger partial charge >= 0.3 is 0 Å². The summed E-state index contributed by atoms with van der Waals surface area (Å²) in [7, 11) is 1.66. The van der Waals surface area contributed by atoms with Gasteiger partial charge in [-0.15, -0.1) is 11.3 Å². The Morgan fingerprint density at radius 1 is 0.857 bits per heavy atom. The fraction of sp³-hybridized carbons (Fsp3) is 0.0909. The predicted molar refractivity (Wildman–Crippen MR) is 115 cm³/mol. The zero-order chi connectivity index (χ0) is 19.5. The molecule has 0 saturated heterocycles. The van der Waals surface area contributed by atoms with Crippen molar-refractivity contribution in [2.75, 3.05) is 13.4 Å². The monoisotopic (exact) mass is 406 g/mol. The zero-order valence-corrected chi connectivity index (χ0v) is 17.1. The molecule has 0 aliphatic rings. The fourth-order valence-electron chi connectivity index (χ4n) is 2.88. The Bertz CT molecular complexity index is 1060. The van der Waals surface area contributed by atoms with Crippen LogP contribution in [-0.4, -0.2) is 27.9 Å². The molecule has 2 heterocycles. The van der Waals surface area contributed by atoms with E-state index in [-0.39, 0.29) is 0 Å². The number of nitrogens with zero attached hydrogens (tertiary/aromatic N) is 2. The molecule has 0 saturated carbocycles. The topological polar surface area (TPSA) is 58.1 Å². The van der Waals surface area contributed by atoms with Gasteiger partial charge in [0.05, 0.1) is 17.7 Å². The first-order valence-electron chi connectivity index (χ1n) is 8.65. The first-order chi connectivity index (χ1) is 13.7. The average molecular weight is 407 g/mol. The van der Waals surface area contributed by atoms with Crippen LogP contribution in [0.4, 0.5) is 0 Å². The van der Waals surface area contributed by atoms with Crippen molar-refractivity contribution in [3.63, 3.8) is 0 Å². The van der Waals surface area contributed by atoms with Crippen LogP contribution in [-0.2, 0) is 11.2 Å². The molecule has 0 bridgehead atoms. The summed E-state index contributed by atoms with van der Waals surface area (Å²) in [6.07, 6.45) is 5.26. The number of thiazole rings is 1. The van der Waals surface area contributed by atoms with Crippen LogP contribution in [0.2, 0.25) is 0 Å². The van der Waals surface area contributed by atoms with Crippen molar-refractivity contribution < 1.29 is 9.29 Å². The quantitative estimate of drug-likeness (QED) is 0.423. The molecule has 2 aromatic heterocycles. The minimum atomic E-state index is -0.991. The molecule has 2 aromatic carbocycles. The van der Waals surface area contributed by atoms with Crippen LogP contribution < -0.4 is 4.74 Å². The van der Waals surface area contributed by atoms with Crippen LogP contribution in [0.15, 0.2) is 78.0 Å². The van der Waals surface area contributed by atoms with E-state index in [9.17, 15) is 4.55 Å². The van der Waals surface area contributed by atoms with Crippen molar-refractivity contribution in [2.24, 2.45) is 0 Å². The van der Waals surface area contributed by atoms with E-state index in [1.165, 1.54) is 0 Å². The molecule has 0 spiro atoms. The first kappa shape index (κ1) is 18.7. The number of hydrogen-bond acceptors (Lipinski definition) is 5. The van der Waals surface area contributed by atoms with Gasteiger partial charge in [0, 0.05) is 23.5 Å². The Hall–Kier alpha value is -2.67. The molecule has 0 amide bonds. The van der Waals surface area contributed by atoms with Gasteiger partial charge in [0.1, 0.15) is 17.0 Å². The molecule has 1 unspecified atom stereocenters. The molecule has 0 N–H and O–H groups in total. The SMILES string of the molecule is COc1ccc(-c2nc(-c3ccc([S+](C)[O-])cc3)sc2-c2ccncc2)cc1. The molecule has 4 nitrogen and oxygen atoms in total. The summed E-state index contributed by atoms with van der Waals surface area (Å²) in [5, 5.41) is 0.922. The van der Waals surface area contributed by atoms with E-state index in [1.54, 1.807) is 37.1 Å². The third kappa shape index (κ3) is 3.80. The Labute approximate surface area is 171 Å².